The molecule has 35 heavy (non-hydrogen) atoms. The summed E-state index contributed by atoms with van der Waals surface area (Å²) in [7, 11) is 0. The van der Waals surface area contributed by atoms with E-state index >= 15 is 0 Å². The predicted molar refractivity (Wildman–Crippen MR) is 135 cm³/mol. The summed E-state index contributed by atoms with van der Waals surface area (Å²) < 4.78 is 5.60. The third-order valence-electron chi connectivity index (χ3n) is 8.58. The van der Waals surface area contributed by atoms with Gasteiger partial charge in [-0.1, -0.05) is 12.1 Å². The van der Waals surface area contributed by atoms with Crippen molar-refractivity contribution in [1.29, 1.82) is 10.7 Å². The van der Waals surface area contributed by atoms with Gasteiger partial charge in [-0.15, -0.1) is 0 Å². The maximum absolute atomic E-state index is 10.00. The molecule has 3 heterocycles. The summed E-state index contributed by atoms with van der Waals surface area (Å²) in [5.74, 6) is 1.61. The number of nitrogens with one attached hydrogen (secondary N) is 2. The van der Waals surface area contributed by atoms with Crippen LogP contribution in [0.3, 0.4) is 0 Å². The molecule has 2 unspecified atom stereocenters. The van der Waals surface area contributed by atoms with E-state index in [1.165, 1.54) is 19.1 Å². The Morgan fingerprint density at radius 3 is 2.77 bits per heavy atom. The molecule has 0 amide bonds. The molecule has 0 bridgehead atoms. The summed E-state index contributed by atoms with van der Waals surface area (Å²) in [6, 6.07) is 11.6. The van der Waals surface area contributed by atoms with Gasteiger partial charge < -0.3 is 20.4 Å². The van der Waals surface area contributed by atoms with Gasteiger partial charge in [-0.2, -0.15) is 5.26 Å². The largest absolute Gasteiger partial charge is 0.380 e. The molecule has 2 N–H and O–H groups in total. The van der Waals surface area contributed by atoms with E-state index in [0.29, 0.717) is 23.3 Å². The van der Waals surface area contributed by atoms with Gasteiger partial charge in [0.1, 0.15) is 18.0 Å². The molecular weight excluding hydrogens is 438 g/mol. The molecular formula is C27H33N7O. The number of nitriles is 1. The van der Waals surface area contributed by atoms with Gasteiger partial charge in [-0.05, 0) is 56.1 Å². The van der Waals surface area contributed by atoms with Gasteiger partial charge in [0.25, 0.3) is 0 Å². The number of hydrogen-bond acceptors (Lipinski definition) is 8. The highest BCUT2D eigenvalue weighted by Gasteiger charge is 2.62. The van der Waals surface area contributed by atoms with Gasteiger partial charge in [-0.3, -0.25) is 4.90 Å². The van der Waals surface area contributed by atoms with E-state index in [9.17, 15) is 5.26 Å². The minimum Gasteiger partial charge on any atom is -0.380 e. The fraction of sp³-hybridized carbons (Fsp3) is 0.556. The molecule has 2 aromatic rings. The molecule has 2 aliphatic heterocycles. The van der Waals surface area contributed by atoms with Crippen molar-refractivity contribution in [2.75, 3.05) is 43.1 Å². The molecule has 182 valence electrons. The number of ether oxygens (including phenoxy) is 1. The Balaban J connectivity index is 1.19. The zero-order valence-electron chi connectivity index (χ0n) is 20.3. The van der Waals surface area contributed by atoms with Gasteiger partial charge in [0.15, 0.2) is 0 Å². The zero-order valence-corrected chi connectivity index (χ0v) is 20.3. The number of nitrogens with zero attached hydrogens (tertiary/aromatic N) is 5. The molecule has 1 aromatic carbocycles. The van der Waals surface area contributed by atoms with Crippen molar-refractivity contribution in [2.24, 2.45) is 5.41 Å². The van der Waals surface area contributed by atoms with Crippen molar-refractivity contribution in [3.05, 3.63) is 41.7 Å². The van der Waals surface area contributed by atoms with E-state index in [2.05, 4.69) is 38.1 Å². The van der Waals surface area contributed by atoms with Crippen molar-refractivity contribution in [3.63, 3.8) is 0 Å². The lowest BCUT2D eigenvalue weighted by molar-refractivity contribution is 0.105. The zero-order chi connectivity index (χ0) is 24.0. The lowest BCUT2D eigenvalue weighted by Gasteiger charge is -2.44. The lowest BCUT2D eigenvalue weighted by atomic mass is 9.57. The first-order valence-corrected chi connectivity index (χ1v) is 12.8. The first-order chi connectivity index (χ1) is 17.0. The van der Waals surface area contributed by atoms with E-state index in [-0.39, 0.29) is 0 Å². The maximum atomic E-state index is 10.00. The highest BCUT2D eigenvalue weighted by atomic mass is 16.5. The molecule has 2 atom stereocenters. The van der Waals surface area contributed by atoms with Crippen LogP contribution < -0.4 is 10.2 Å². The Bertz CT molecular complexity index is 1160. The first-order valence-electron chi connectivity index (χ1n) is 12.8. The van der Waals surface area contributed by atoms with E-state index in [1.807, 2.05) is 24.3 Å². The summed E-state index contributed by atoms with van der Waals surface area (Å²) in [5, 5.41) is 21.3. The van der Waals surface area contributed by atoms with Crippen LogP contribution in [0.1, 0.15) is 50.2 Å². The van der Waals surface area contributed by atoms with Crippen molar-refractivity contribution >= 4 is 23.5 Å². The highest BCUT2D eigenvalue weighted by Crippen LogP contribution is 2.68. The number of piperazine rings is 1. The second kappa shape index (κ2) is 8.58. The third kappa shape index (κ3) is 4.07. The SMILES string of the molecule is CC1CN(c2cc(Nc3cc(C4(C#N)CC5(CC5)C4)ccc3C=N)ncn2)CCN1C1CCOC1. The summed E-state index contributed by atoms with van der Waals surface area (Å²) >= 11 is 0. The van der Waals surface area contributed by atoms with Gasteiger partial charge >= 0.3 is 0 Å². The van der Waals surface area contributed by atoms with Gasteiger partial charge in [0.2, 0.25) is 0 Å². The lowest BCUT2D eigenvalue weighted by Crippen LogP contribution is -2.55. The fourth-order valence-electron chi connectivity index (χ4n) is 6.43. The van der Waals surface area contributed by atoms with Crippen LogP contribution in [0.5, 0.6) is 0 Å². The molecule has 2 aliphatic carbocycles. The second-order valence-electron chi connectivity index (χ2n) is 10.9. The smallest absolute Gasteiger partial charge is 0.135 e. The van der Waals surface area contributed by atoms with Crippen LogP contribution in [0, 0.1) is 22.2 Å². The van der Waals surface area contributed by atoms with Crippen LogP contribution in [0.25, 0.3) is 0 Å². The van der Waals surface area contributed by atoms with Crippen LogP contribution >= 0.6 is 0 Å². The minimum absolute atomic E-state index is 0.398. The third-order valence-corrected chi connectivity index (χ3v) is 8.58. The molecule has 0 radical (unpaired) electrons. The topological polar surface area (TPSA) is 101 Å². The number of aromatic nitrogens is 2. The maximum Gasteiger partial charge on any atom is 0.135 e. The molecule has 4 fully saturated rings. The standard InChI is InChI=1S/C27H33N7O/c1-19-13-33(7-8-34(19)22-4-9-35-14-22)25-11-24(30-18-31-25)32-23-10-21(3-2-20(23)12-28)27(17-29)15-26(16-27)5-6-26/h2-3,10-12,18-19,22,28H,4-9,13-16H2,1H3,(H,30,31,32). The van der Waals surface area contributed by atoms with E-state index in [1.54, 1.807) is 6.33 Å². The Hall–Kier alpha value is -3.02. The Labute approximate surface area is 206 Å². The normalized spacial score (nSPS) is 26.7. The van der Waals surface area contributed by atoms with Crippen LogP contribution in [0.4, 0.5) is 17.3 Å². The molecule has 6 rings (SSSR count). The van der Waals surface area contributed by atoms with Gasteiger partial charge in [0.05, 0.1) is 18.1 Å². The van der Waals surface area contributed by atoms with E-state index < -0.39 is 5.41 Å². The summed E-state index contributed by atoms with van der Waals surface area (Å²) in [6.45, 7) is 6.83. The summed E-state index contributed by atoms with van der Waals surface area (Å²) in [5.41, 5.74) is 2.67. The van der Waals surface area contributed by atoms with Crippen molar-refractivity contribution < 1.29 is 4.74 Å². The number of hydrogen-bond donors (Lipinski definition) is 2. The fourth-order valence-corrected chi connectivity index (χ4v) is 6.43. The van der Waals surface area contributed by atoms with Gasteiger partial charge in [-0.25, -0.2) is 9.97 Å². The van der Waals surface area contributed by atoms with Gasteiger partial charge in [0, 0.05) is 61.9 Å². The molecule has 2 saturated carbocycles. The Kier molecular flexibility index (Phi) is 5.50. The van der Waals surface area contributed by atoms with Crippen molar-refractivity contribution in [1.82, 2.24) is 14.9 Å². The van der Waals surface area contributed by atoms with E-state index in [0.717, 1.165) is 74.7 Å². The molecule has 2 saturated heterocycles. The Morgan fingerprint density at radius 1 is 1.23 bits per heavy atom. The first kappa shape index (κ1) is 22.4. The number of rotatable bonds is 6. The second-order valence-corrected chi connectivity index (χ2v) is 10.9. The molecule has 1 spiro atoms. The van der Waals surface area contributed by atoms with Crippen molar-refractivity contribution in [2.45, 2.75) is 56.5 Å². The monoisotopic (exact) mass is 471 g/mol. The van der Waals surface area contributed by atoms with Crippen LogP contribution in [0.2, 0.25) is 0 Å². The van der Waals surface area contributed by atoms with Crippen LogP contribution in [-0.4, -0.2) is 66.0 Å². The van der Waals surface area contributed by atoms with Crippen molar-refractivity contribution in [3.8, 4) is 6.07 Å². The number of anilines is 3. The Morgan fingerprint density at radius 2 is 2.09 bits per heavy atom. The predicted octanol–water partition coefficient (Wildman–Crippen LogP) is 3.85. The highest BCUT2D eigenvalue weighted by molar-refractivity contribution is 5.87. The molecule has 8 nitrogen and oxygen atoms in total. The average molecular weight is 472 g/mol. The summed E-state index contributed by atoms with van der Waals surface area (Å²) in [6.07, 6.45) is 8.49. The number of benzene rings is 1. The quantitative estimate of drug-likeness (QED) is 0.617. The minimum atomic E-state index is -0.398. The van der Waals surface area contributed by atoms with E-state index in [4.69, 9.17) is 10.1 Å². The molecule has 1 aromatic heterocycles. The molecule has 8 heteroatoms. The van der Waals surface area contributed by atoms with Crippen LogP contribution in [-0.2, 0) is 10.2 Å². The average Bonchev–Trinajstić information content (AvgIpc) is 3.46. The van der Waals surface area contributed by atoms with Crippen LogP contribution in [0.15, 0.2) is 30.6 Å². The summed E-state index contributed by atoms with van der Waals surface area (Å²) in [4.78, 5) is 13.9. The molecule has 4 aliphatic rings.